The van der Waals surface area contributed by atoms with Gasteiger partial charge in [0.1, 0.15) is 17.0 Å². The highest BCUT2D eigenvalue weighted by atomic mass is 16.3. The third-order valence-electron chi connectivity index (χ3n) is 3.70. The van der Waals surface area contributed by atoms with E-state index in [1.807, 2.05) is 43.3 Å². The van der Waals surface area contributed by atoms with Gasteiger partial charge in [-0.25, -0.2) is 15.0 Å². The summed E-state index contributed by atoms with van der Waals surface area (Å²) in [6.45, 7) is 3.43. The van der Waals surface area contributed by atoms with Gasteiger partial charge in [0, 0.05) is 12.3 Å². The minimum absolute atomic E-state index is 0.173. The first-order valence-electron chi connectivity index (χ1n) is 7.52. The van der Waals surface area contributed by atoms with E-state index >= 15 is 0 Å². The second-order valence-electron chi connectivity index (χ2n) is 5.56. The SMILES string of the molecule is CC(=O)Nc1ccc2c(C)cc(-c3nc4ccccc4o3)nc2n1. The monoisotopic (exact) mass is 318 g/mol. The summed E-state index contributed by atoms with van der Waals surface area (Å²) in [6.07, 6.45) is 0. The number of amides is 1. The molecular weight excluding hydrogens is 304 g/mol. The molecule has 24 heavy (non-hydrogen) atoms. The van der Waals surface area contributed by atoms with E-state index in [0.29, 0.717) is 28.6 Å². The topological polar surface area (TPSA) is 80.9 Å². The fraction of sp³-hybridized carbons (Fsp3) is 0.111. The van der Waals surface area contributed by atoms with Crippen LogP contribution in [0.2, 0.25) is 0 Å². The van der Waals surface area contributed by atoms with Crippen molar-refractivity contribution in [3.05, 3.63) is 48.0 Å². The Kier molecular flexibility index (Phi) is 3.23. The Bertz CT molecular complexity index is 1050. The predicted molar refractivity (Wildman–Crippen MR) is 91.6 cm³/mol. The average molecular weight is 318 g/mol. The van der Waals surface area contributed by atoms with Crippen LogP contribution < -0.4 is 5.32 Å². The molecule has 3 heterocycles. The number of para-hydroxylation sites is 2. The molecule has 1 aromatic carbocycles. The Labute approximate surface area is 137 Å². The van der Waals surface area contributed by atoms with Crippen LogP contribution in [0.15, 0.2) is 46.9 Å². The summed E-state index contributed by atoms with van der Waals surface area (Å²) in [5.74, 6) is 0.748. The van der Waals surface area contributed by atoms with Crippen molar-refractivity contribution in [2.45, 2.75) is 13.8 Å². The third kappa shape index (κ3) is 2.48. The number of pyridine rings is 2. The van der Waals surface area contributed by atoms with Gasteiger partial charge in [0.2, 0.25) is 11.8 Å². The molecule has 0 bridgehead atoms. The van der Waals surface area contributed by atoms with Crippen LogP contribution >= 0.6 is 0 Å². The Morgan fingerprint density at radius 3 is 2.71 bits per heavy atom. The van der Waals surface area contributed by atoms with E-state index in [-0.39, 0.29) is 5.91 Å². The molecule has 0 radical (unpaired) electrons. The number of aryl methyl sites for hydroxylation is 1. The standard InChI is InChI=1S/C18H14N4O2/c1-10-9-14(18-21-13-5-3-4-6-15(13)24-18)20-17-12(10)7-8-16(22-17)19-11(2)23/h3-9H,1-2H3,(H,19,20,22,23). The van der Waals surface area contributed by atoms with E-state index in [9.17, 15) is 4.79 Å². The molecule has 0 atom stereocenters. The normalized spacial score (nSPS) is 11.1. The molecule has 0 aliphatic heterocycles. The van der Waals surface area contributed by atoms with Crippen molar-refractivity contribution in [2.24, 2.45) is 0 Å². The summed E-state index contributed by atoms with van der Waals surface area (Å²) in [7, 11) is 0. The van der Waals surface area contributed by atoms with E-state index < -0.39 is 0 Å². The lowest BCUT2D eigenvalue weighted by Gasteiger charge is -2.06. The zero-order valence-corrected chi connectivity index (χ0v) is 13.2. The zero-order valence-electron chi connectivity index (χ0n) is 13.2. The Balaban J connectivity index is 1.87. The van der Waals surface area contributed by atoms with E-state index in [4.69, 9.17) is 4.42 Å². The molecule has 6 heteroatoms. The number of nitrogens with zero attached hydrogens (tertiary/aromatic N) is 3. The Hall–Kier alpha value is -3.28. The Morgan fingerprint density at radius 1 is 1.08 bits per heavy atom. The summed E-state index contributed by atoms with van der Waals surface area (Å²) >= 11 is 0. The lowest BCUT2D eigenvalue weighted by Crippen LogP contribution is -2.07. The number of nitrogens with one attached hydrogen (secondary N) is 1. The van der Waals surface area contributed by atoms with Crippen LogP contribution in [0.3, 0.4) is 0 Å². The smallest absolute Gasteiger partial charge is 0.246 e. The Morgan fingerprint density at radius 2 is 1.92 bits per heavy atom. The second-order valence-corrected chi connectivity index (χ2v) is 5.56. The van der Waals surface area contributed by atoms with E-state index in [1.54, 1.807) is 6.07 Å². The molecule has 0 saturated heterocycles. The van der Waals surface area contributed by atoms with E-state index in [2.05, 4.69) is 20.3 Å². The number of rotatable bonds is 2. The van der Waals surface area contributed by atoms with Gasteiger partial charge in [-0.05, 0) is 42.8 Å². The van der Waals surface area contributed by atoms with Crippen LogP contribution in [0.1, 0.15) is 12.5 Å². The van der Waals surface area contributed by atoms with Crippen LogP contribution in [0.5, 0.6) is 0 Å². The maximum Gasteiger partial charge on any atom is 0.246 e. The second kappa shape index (κ2) is 5.42. The number of carbonyl (C=O) groups excluding carboxylic acids is 1. The lowest BCUT2D eigenvalue weighted by atomic mass is 10.1. The molecule has 0 saturated carbocycles. The van der Waals surface area contributed by atoms with Gasteiger partial charge in [-0.2, -0.15) is 0 Å². The van der Waals surface area contributed by atoms with Crippen molar-refractivity contribution in [1.29, 1.82) is 0 Å². The third-order valence-corrected chi connectivity index (χ3v) is 3.70. The van der Waals surface area contributed by atoms with Crippen molar-refractivity contribution < 1.29 is 9.21 Å². The molecule has 118 valence electrons. The number of hydrogen-bond acceptors (Lipinski definition) is 5. The molecule has 6 nitrogen and oxygen atoms in total. The molecule has 1 N–H and O–H groups in total. The summed E-state index contributed by atoms with van der Waals surface area (Å²) < 4.78 is 5.78. The van der Waals surface area contributed by atoms with Crippen molar-refractivity contribution in [1.82, 2.24) is 15.0 Å². The quantitative estimate of drug-likeness (QED) is 0.609. The first-order chi connectivity index (χ1) is 11.6. The molecule has 0 aliphatic carbocycles. The van der Waals surface area contributed by atoms with Crippen LogP contribution in [-0.4, -0.2) is 20.9 Å². The highest BCUT2D eigenvalue weighted by Gasteiger charge is 2.12. The zero-order chi connectivity index (χ0) is 16.7. The number of aromatic nitrogens is 3. The van der Waals surface area contributed by atoms with E-state index in [1.165, 1.54) is 6.92 Å². The number of hydrogen-bond donors (Lipinski definition) is 1. The molecule has 1 amide bonds. The molecule has 0 aliphatic rings. The van der Waals surface area contributed by atoms with E-state index in [0.717, 1.165) is 16.5 Å². The number of carbonyl (C=O) groups is 1. The highest BCUT2D eigenvalue weighted by molar-refractivity contribution is 5.90. The van der Waals surface area contributed by atoms with Crippen LogP contribution in [0.25, 0.3) is 33.7 Å². The maximum absolute atomic E-state index is 11.2. The number of fused-ring (bicyclic) bond motifs is 2. The van der Waals surface area contributed by atoms with Crippen molar-refractivity contribution in [3.8, 4) is 11.6 Å². The maximum atomic E-state index is 11.2. The summed E-state index contributed by atoms with van der Waals surface area (Å²) in [6, 6.07) is 13.2. The number of anilines is 1. The first-order valence-corrected chi connectivity index (χ1v) is 7.52. The first kappa shape index (κ1) is 14.3. The molecule has 3 aromatic heterocycles. The summed E-state index contributed by atoms with van der Waals surface area (Å²) in [4.78, 5) is 24.6. The minimum Gasteiger partial charge on any atom is -0.435 e. The highest BCUT2D eigenvalue weighted by Crippen LogP contribution is 2.26. The van der Waals surface area contributed by atoms with Gasteiger partial charge in [-0.15, -0.1) is 0 Å². The number of oxazole rings is 1. The molecular formula is C18H14N4O2. The molecule has 0 spiro atoms. The van der Waals surface area contributed by atoms with Crippen molar-refractivity contribution >= 4 is 33.9 Å². The van der Waals surface area contributed by atoms with Crippen LogP contribution in [0.4, 0.5) is 5.82 Å². The van der Waals surface area contributed by atoms with Gasteiger partial charge in [-0.3, -0.25) is 4.79 Å². The van der Waals surface area contributed by atoms with Crippen molar-refractivity contribution in [2.75, 3.05) is 5.32 Å². The fourth-order valence-electron chi connectivity index (χ4n) is 2.61. The van der Waals surface area contributed by atoms with Gasteiger partial charge in [0.05, 0.1) is 0 Å². The van der Waals surface area contributed by atoms with Crippen LogP contribution in [0, 0.1) is 6.92 Å². The summed E-state index contributed by atoms with van der Waals surface area (Å²) in [5, 5.41) is 3.59. The fourth-order valence-corrected chi connectivity index (χ4v) is 2.61. The van der Waals surface area contributed by atoms with Crippen molar-refractivity contribution in [3.63, 3.8) is 0 Å². The van der Waals surface area contributed by atoms with Gasteiger partial charge >= 0.3 is 0 Å². The molecule has 0 unspecified atom stereocenters. The van der Waals surface area contributed by atoms with Gasteiger partial charge < -0.3 is 9.73 Å². The lowest BCUT2D eigenvalue weighted by molar-refractivity contribution is -0.114. The largest absolute Gasteiger partial charge is 0.435 e. The summed E-state index contributed by atoms with van der Waals surface area (Å²) in [5.41, 5.74) is 3.67. The van der Waals surface area contributed by atoms with Gasteiger partial charge in [0.15, 0.2) is 11.2 Å². The number of benzene rings is 1. The van der Waals surface area contributed by atoms with Gasteiger partial charge in [0.25, 0.3) is 0 Å². The van der Waals surface area contributed by atoms with Crippen LogP contribution in [-0.2, 0) is 4.79 Å². The molecule has 4 rings (SSSR count). The predicted octanol–water partition coefficient (Wildman–Crippen LogP) is 3.70. The molecule has 4 aromatic rings. The molecule has 0 fully saturated rings. The average Bonchev–Trinajstić information content (AvgIpc) is 2.98. The minimum atomic E-state index is -0.173. The van der Waals surface area contributed by atoms with Gasteiger partial charge in [-0.1, -0.05) is 12.1 Å².